The van der Waals surface area contributed by atoms with E-state index in [-0.39, 0.29) is 6.03 Å². The van der Waals surface area contributed by atoms with Crippen LogP contribution in [0.4, 0.5) is 4.79 Å². The van der Waals surface area contributed by atoms with Gasteiger partial charge in [-0.05, 0) is 26.3 Å². The Labute approximate surface area is 92.4 Å². The Bertz CT molecular complexity index is 208. The summed E-state index contributed by atoms with van der Waals surface area (Å²) in [6.45, 7) is 6.61. The highest BCUT2D eigenvalue weighted by molar-refractivity contribution is 5.74. The lowest BCUT2D eigenvalue weighted by molar-refractivity contribution is 0.145. The lowest BCUT2D eigenvalue weighted by Gasteiger charge is -2.38. The molecule has 4 nitrogen and oxygen atoms in total. The van der Waals surface area contributed by atoms with Gasteiger partial charge >= 0.3 is 6.03 Å². The van der Waals surface area contributed by atoms with Crippen molar-refractivity contribution in [2.24, 2.45) is 5.92 Å². The number of rotatable bonds is 3. The maximum absolute atomic E-state index is 11.6. The van der Waals surface area contributed by atoms with Gasteiger partial charge in [-0.25, -0.2) is 4.79 Å². The van der Waals surface area contributed by atoms with E-state index < -0.39 is 0 Å². The lowest BCUT2D eigenvalue weighted by atomic mass is 9.90. The van der Waals surface area contributed by atoms with Gasteiger partial charge in [-0.3, -0.25) is 0 Å². The topological polar surface area (TPSA) is 44.4 Å². The number of carbonyl (C=O) groups excluding carboxylic acids is 1. The largest absolute Gasteiger partial charge is 0.338 e. The number of hydrogen-bond donors (Lipinski definition) is 2. The molecule has 1 rings (SSSR count). The highest BCUT2D eigenvalue weighted by Gasteiger charge is 2.28. The summed E-state index contributed by atoms with van der Waals surface area (Å²) in [5.41, 5.74) is 0. The number of likely N-dealkylation sites (tertiary alicyclic amines) is 1. The molecule has 2 atom stereocenters. The van der Waals surface area contributed by atoms with E-state index in [9.17, 15) is 4.79 Å². The molecule has 1 fully saturated rings. The minimum Gasteiger partial charge on any atom is -0.338 e. The summed E-state index contributed by atoms with van der Waals surface area (Å²) in [4.78, 5) is 13.6. The number of urea groups is 1. The predicted octanol–water partition coefficient (Wildman–Crippen LogP) is 1.04. The van der Waals surface area contributed by atoms with E-state index in [1.807, 2.05) is 18.9 Å². The van der Waals surface area contributed by atoms with Crippen molar-refractivity contribution < 1.29 is 4.79 Å². The molecular formula is C11H23N3O. The summed E-state index contributed by atoms with van der Waals surface area (Å²) in [5, 5.41) is 6.20. The molecule has 1 aliphatic rings. The van der Waals surface area contributed by atoms with Gasteiger partial charge in [0.25, 0.3) is 0 Å². The maximum atomic E-state index is 11.6. The summed E-state index contributed by atoms with van der Waals surface area (Å²) in [5.74, 6) is 0.589. The normalized spacial score (nSPS) is 26.5. The van der Waals surface area contributed by atoms with Crippen molar-refractivity contribution in [1.29, 1.82) is 0 Å². The van der Waals surface area contributed by atoms with E-state index >= 15 is 0 Å². The molecule has 1 saturated heterocycles. The van der Waals surface area contributed by atoms with Crippen molar-refractivity contribution in [3.05, 3.63) is 0 Å². The summed E-state index contributed by atoms with van der Waals surface area (Å²) >= 11 is 0. The highest BCUT2D eigenvalue weighted by Crippen LogP contribution is 2.19. The molecule has 0 aliphatic carbocycles. The zero-order chi connectivity index (χ0) is 11.3. The zero-order valence-electron chi connectivity index (χ0n) is 10.0. The number of hydrogen-bond acceptors (Lipinski definition) is 2. The van der Waals surface area contributed by atoms with Crippen LogP contribution in [0.3, 0.4) is 0 Å². The highest BCUT2D eigenvalue weighted by atomic mass is 16.2. The van der Waals surface area contributed by atoms with E-state index in [0.29, 0.717) is 18.5 Å². The molecule has 0 aromatic carbocycles. The molecule has 2 N–H and O–H groups in total. The molecule has 0 bridgehead atoms. The smallest absolute Gasteiger partial charge is 0.317 e. The van der Waals surface area contributed by atoms with Crippen LogP contribution in [0, 0.1) is 5.92 Å². The number of amides is 2. The Morgan fingerprint density at radius 3 is 2.73 bits per heavy atom. The van der Waals surface area contributed by atoms with Crippen LogP contribution in [-0.4, -0.2) is 43.7 Å². The fraction of sp³-hybridized carbons (Fsp3) is 0.909. The number of piperidine rings is 1. The van der Waals surface area contributed by atoms with E-state index in [0.717, 1.165) is 25.9 Å². The Balaban J connectivity index is 2.48. The van der Waals surface area contributed by atoms with Gasteiger partial charge in [0.15, 0.2) is 0 Å². The maximum Gasteiger partial charge on any atom is 0.317 e. The van der Waals surface area contributed by atoms with Crippen molar-refractivity contribution in [1.82, 2.24) is 15.5 Å². The Kier molecular flexibility index (Phi) is 4.88. The van der Waals surface area contributed by atoms with Crippen LogP contribution in [0.15, 0.2) is 0 Å². The Morgan fingerprint density at radius 2 is 2.20 bits per heavy atom. The van der Waals surface area contributed by atoms with Crippen molar-refractivity contribution in [2.75, 3.05) is 26.7 Å². The van der Waals surface area contributed by atoms with Gasteiger partial charge in [0.2, 0.25) is 0 Å². The number of nitrogens with one attached hydrogen (secondary N) is 2. The minimum absolute atomic E-state index is 0.0884. The Morgan fingerprint density at radius 1 is 1.47 bits per heavy atom. The van der Waals surface area contributed by atoms with Crippen LogP contribution in [0.1, 0.15) is 26.7 Å². The van der Waals surface area contributed by atoms with Gasteiger partial charge < -0.3 is 15.5 Å². The van der Waals surface area contributed by atoms with Gasteiger partial charge in [-0.1, -0.05) is 13.3 Å². The minimum atomic E-state index is 0.0884. The van der Waals surface area contributed by atoms with Crippen LogP contribution >= 0.6 is 0 Å². The fourth-order valence-electron chi connectivity index (χ4n) is 2.27. The van der Waals surface area contributed by atoms with Crippen LogP contribution in [0.25, 0.3) is 0 Å². The first-order chi connectivity index (χ1) is 7.22. The standard InChI is InChI=1S/C11H23N3O/c1-4-9-8-14(11(15)13-5-2)7-6-10(9)12-3/h9-10,12H,4-8H2,1-3H3,(H,13,15). The van der Waals surface area contributed by atoms with Crippen molar-refractivity contribution in [3.63, 3.8) is 0 Å². The molecule has 1 aliphatic heterocycles. The van der Waals surface area contributed by atoms with Crippen molar-refractivity contribution >= 4 is 6.03 Å². The molecule has 0 radical (unpaired) electrons. The molecule has 1 heterocycles. The summed E-state index contributed by atoms with van der Waals surface area (Å²) in [7, 11) is 2.01. The van der Waals surface area contributed by atoms with Crippen LogP contribution in [-0.2, 0) is 0 Å². The van der Waals surface area contributed by atoms with Gasteiger partial charge in [-0.2, -0.15) is 0 Å². The molecule has 4 heteroatoms. The summed E-state index contributed by atoms with van der Waals surface area (Å²) < 4.78 is 0. The average molecular weight is 213 g/mol. The van der Waals surface area contributed by atoms with Gasteiger partial charge in [-0.15, -0.1) is 0 Å². The molecule has 2 unspecified atom stereocenters. The molecular weight excluding hydrogens is 190 g/mol. The van der Waals surface area contributed by atoms with E-state index in [4.69, 9.17) is 0 Å². The van der Waals surface area contributed by atoms with E-state index in [1.54, 1.807) is 0 Å². The third-order valence-corrected chi connectivity index (χ3v) is 3.24. The van der Waals surface area contributed by atoms with Crippen LogP contribution in [0.2, 0.25) is 0 Å². The quantitative estimate of drug-likeness (QED) is 0.735. The second-order valence-electron chi connectivity index (χ2n) is 4.13. The fourth-order valence-corrected chi connectivity index (χ4v) is 2.27. The molecule has 88 valence electrons. The average Bonchev–Trinajstić information content (AvgIpc) is 2.28. The van der Waals surface area contributed by atoms with Gasteiger partial charge in [0.1, 0.15) is 0 Å². The molecule has 0 aromatic heterocycles. The second kappa shape index (κ2) is 5.95. The second-order valence-corrected chi connectivity index (χ2v) is 4.13. The van der Waals surface area contributed by atoms with Crippen molar-refractivity contribution in [2.45, 2.75) is 32.7 Å². The zero-order valence-corrected chi connectivity index (χ0v) is 10.0. The van der Waals surface area contributed by atoms with Crippen LogP contribution in [0.5, 0.6) is 0 Å². The number of carbonyl (C=O) groups is 1. The third-order valence-electron chi connectivity index (χ3n) is 3.24. The van der Waals surface area contributed by atoms with E-state index in [1.165, 1.54) is 0 Å². The lowest BCUT2D eigenvalue weighted by Crippen LogP contribution is -2.52. The first kappa shape index (κ1) is 12.3. The molecule has 2 amide bonds. The first-order valence-corrected chi connectivity index (χ1v) is 5.92. The molecule has 0 saturated carbocycles. The molecule has 0 spiro atoms. The third kappa shape index (κ3) is 3.09. The van der Waals surface area contributed by atoms with Crippen molar-refractivity contribution in [3.8, 4) is 0 Å². The van der Waals surface area contributed by atoms with Gasteiger partial charge in [0.05, 0.1) is 0 Å². The van der Waals surface area contributed by atoms with Gasteiger partial charge in [0, 0.05) is 25.7 Å². The Hall–Kier alpha value is -0.770. The number of nitrogens with zero attached hydrogens (tertiary/aromatic N) is 1. The monoisotopic (exact) mass is 213 g/mol. The SMILES string of the molecule is CCNC(=O)N1CCC(NC)C(CC)C1. The first-order valence-electron chi connectivity index (χ1n) is 5.92. The molecule has 15 heavy (non-hydrogen) atoms. The summed E-state index contributed by atoms with van der Waals surface area (Å²) in [6.07, 6.45) is 2.19. The van der Waals surface area contributed by atoms with Crippen LogP contribution < -0.4 is 10.6 Å². The predicted molar refractivity (Wildman–Crippen MR) is 61.9 cm³/mol. The molecule has 0 aromatic rings. The summed E-state index contributed by atoms with van der Waals surface area (Å²) in [6, 6.07) is 0.658. The van der Waals surface area contributed by atoms with E-state index in [2.05, 4.69) is 17.6 Å².